The molecule has 2 fully saturated rings. The smallest absolute Gasteiger partial charge is 0.418 e. The molecule has 0 bridgehead atoms. The van der Waals surface area contributed by atoms with Crippen molar-refractivity contribution in [2.24, 2.45) is 5.92 Å². The number of hydrogen-bond donors (Lipinski definition) is 0. The van der Waals surface area contributed by atoms with Crippen LogP contribution in [0.3, 0.4) is 0 Å². The predicted octanol–water partition coefficient (Wildman–Crippen LogP) is 3.77. The van der Waals surface area contributed by atoms with E-state index in [9.17, 15) is 18.8 Å². The first-order valence-corrected chi connectivity index (χ1v) is 11.1. The van der Waals surface area contributed by atoms with Crippen LogP contribution in [0.15, 0.2) is 48.5 Å². The summed E-state index contributed by atoms with van der Waals surface area (Å²) in [6.45, 7) is 1.92. The summed E-state index contributed by atoms with van der Waals surface area (Å²) in [5.41, 5.74) is 1.17. The Kier molecular flexibility index (Phi) is 4.99. The zero-order valence-corrected chi connectivity index (χ0v) is 17.9. The molecule has 0 N–H and O–H groups in total. The zero-order valence-electron chi connectivity index (χ0n) is 17.9. The number of carbonyl (C=O) groups is 3. The van der Waals surface area contributed by atoms with Gasteiger partial charge in [0.1, 0.15) is 12.4 Å². The summed E-state index contributed by atoms with van der Waals surface area (Å²) >= 11 is 0. The van der Waals surface area contributed by atoms with Crippen LogP contribution in [-0.2, 0) is 32.9 Å². The molecule has 2 aromatic rings. The van der Waals surface area contributed by atoms with Crippen molar-refractivity contribution in [2.45, 2.75) is 50.8 Å². The van der Waals surface area contributed by atoms with Crippen LogP contribution in [0, 0.1) is 11.7 Å². The molecule has 1 saturated heterocycles. The Morgan fingerprint density at radius 1 is 1.19 bits per heavy atom. The molecule has 1 spiro atoms. The number of aryl methyl sites for hydroxylation is 1. The van der Waals surface area contributed by atoms with E-state index in [1.54, 1.807) is 17.0 Å². The number of nitrogens with zero attached hydrogens (tertiary/aromatic N) is 2. The van der Waals surface area contributed by atoms with Crippen molar-refractivity contribution in [1.29, 1.82) is 0 Å². The first-order valence-electron chi connectivity index (χ1n) is 11.1. The summed E-state index contributed by atoms with van der Waals surface area (Å²) in [5, 5.41) is 0. The molecule has 166 valence electrons. The van der Waals surface area contributed by atoms with E-state index in [1.807, 2.05) is 31.2 Å². The SMILES string of the molecule is CC(C1CC1)N(Cc1ccc(F)cc1)C(=O)CN1C(=O)OC2(CCc3ccccc32)C1=O. The number of benzene rings is 2. The standard InChI is InChI=1S/C25H25FN2O4/c1-16(18-8-9-18)27(14-17-6-10-20(26)11-7-17)22(29)15-28-23(30)25(32-24(28)31)13-12-19-4-2-3-5-21(19)25/h2-7,10-11,16,18H,8-9,12-15H2,1H3. The first-order chi connectivity index (χ1) is 15.4. The third kappa shape index (κ3) is 3.45. The quantitative estimate of drug-likeness (QED) is 0.691. The van der Waals surface area contributed by atoms with Crippen molar-refractivity contribution in [2.75, 3.05) is 6.54 Å². The number of fused-ring (bicyclic) bond motifs is 2. The number of ether oxygens (including phenoxy) is 1. The van der Waals surface area contributed by atoms with Gasteiger partial charge in [0.15, 0.2) is 0 Å². The van der Waals surface area contributed by atoms with Crippen molar-refractivity contribution < 1.29 is 23.5 Å². The average Bonchev–Trinajstić information content (AvgIpc) is 3.54. The van der Waals surface area contributed by atoms with E-state index in [0.717, 1.165) is 28.9 Å². The molecule has 5 rings (SSSR count). The highest BCUT2D eigenvalue weighted by Gasteiger charge is 2.58. The lowest BCUT2D eigenvalue weighted by Crippen LogP contribution is -2.47. The second-order valence-electron chi connectivity index (χ2n) is 8.97. The Morgan fingerprint density at radius 2 is 1.91 bits per heavy atom. The van der Waals surface area contributed by atoms with E-state index < -0.39 is 17.6 Å². The van der Waals surface area contributed by atoms with Crippen molar-refractivity contribution >= 4 is 17.9 Å². The maximum atomic E-state index is 13.3. The van der Waals surface area contributed by atoms with Gasteiger partial charge in [-0.25, -0.2) is 14.1 Å². The van der Waals surface area contributed by atoms with Gasteiger partial charge in [0.25, 0.3) is 5.91 Å². The third-order valence-electron chi connectivity index (χ3n) is 6.95. The van der Waals surface area contributed by atoms with Crippen LogP contribution in [0.25, 0.3) is 0 Å². The minimum absolute atomic E-state index is 0.0394. The van der Waals surface area contributed by atoms with Gasteiger partial charge in [0, 0.05) is 24.6 Å². The van der Waals surface area contributed by atoms with Crippen LogP contribution in [0.2, 0.25) is 0 Å². The van der Waals surface area contributed by atoms with E-state index >= 15 is 0 Å². The molecule has 6 nitrogen and oxygen atoms in total. The molecule has 2 atom stereocenters. The van der Waals surface area contributed by atoms with Gasteiger partial charge in [-0.3, -0.25) is 9.59 Å². The first kappa shape index (κ1) is 20.7. The van der Waals surface area contributed by atoms with Crippen LogP contribution < -0.4 is 0 Å². The molecular weight excluding hydrogens is 411 g/mol. The molecule has 2 aliphatic carbocycles. The minimum Gasteiger partial charge on any atom is -0.427 e. The van der Waals surface area contributed by atoms with Gasteiger partial charge in [-0.2, -0.15) is 0 Å². The summed E-state index contributed by atoms with van der Waals surface area (Å²) < 4.78 is 18.9. The highest BCUT2D eigenvalue weighted by atomic mass is 19.1. The van der Waals surface area contributed by atoms with Crippen molar-refractivity contribution in [1.82, 2.24) is 9.80 Å². The number of amides is 3. The molecule has 2 unspecified atom stereocenters. The second-order valence-corrected chi connectivity index (χ2v) is 8.97. The summed E-state index contributed by atoms with van der Waals surface area (Å²) in [4.78, 5) is 42.0. The van der Waals surface area contributed by atoms with Gasteiger partial charge >= 0.3 is 6.09 Å². The fourth-order valence-corrected chi connectivity index (χ4v) is 4.90. The Morgan fingerprint density at radius 3 is 2.62 bits per heavy atom. The monoisotopic (exact) mass is 436 g/mol. The fourth-order valence-electron chi connectivity index (χ4n) is 4.90. The molecule has 2 aromatic carbocycles. The highest BCUT2D eigenvalue weighted by molar-refractivity contribution is 6.06. The van der Waals surface area contributed by atoms with Crippen LogP contribution >= 0.6 is 0 Å². The molecule has 3 aliphatic rings. The second kappa shape index (κ2) is 7.73. The number of halogens is 1. The Bertz CT molecular complexity index is 1080. The van der Waals surface area contributed by atoms with Gasteiger partial charge < -0.3 is 9.64 Å². The molecule has 1 saturated carbocycles. The number of imide groups is 1. The zero-order chi connectivity index (χ0) is 22.5. The van der Waals surface area contributed by atoms with Crippen molar-refractivity contribution in [3.05, 3.63) is 71.0 Å². The summed E-state index contributed by atoms with van der Waals surface area (Å²) in [6.07, 6.45) is 2.34. The topological polar surface area (TPSA) is 66.9 Å². The number of hydrogen-bond acceptors (Lipinski definition) is 4. The Labute approximate surface area is 185 Å². The summed E-state index contributed by atoms with van der Waals surface area (Å²) in [6, 6.07) is 13.4. The highest BCUT2D eigenvalue weighted by Crippen LogP contribution is 2.45. The van der Waals surface area contributed by atoms with Gasteiger partial charge in [-0.15, -0.1) is 0 Å². The van der Waals surface area contributed by atoms with E-state index in [0.29, 0.717) is 30.9 Å². The Balaban J connectivity index is 1.37. The summed E-state index contributed by atoms with van der Waals surface area (Å²) in [7, 11) is 0. The molecule has 1 heterocycles. The van der Waals surface area contributed by atoms with Crippen LogP contribution in [-0.4, -0.2) is 40.3 Å². The van der Waals surface area contributed by atoms with Gasteiger partial charge in [-0.05, 0) is 55.4 Å². The average molecular weight is 436 g/mol. The van der Waals surface area contributed by atoms with Gasteiger partial charge in [0.2, 0.25) is 11.5 Å². The van der Waals surface area contributed by atoms with Crippen molar-refractivity contribution in [3.63, 3.8) is 0 Å². The largest absolute Gasteiger partial charge is 0.427 e. The van der Waals surface area contributed by atoms with E-state index in [4.69, 9.17) is 4.74 Å². The lowest BCUT2D eigenvalue weighted by Gasteiger charge is -2.30. The molecule has 0 radical (unpaired) electrons. The minimum atomic E-state index is -1.32. The molecule has 1 aliphatic heterocycles. The predicted molar refractivity (Wildman–Crippen MR) is 114 cm³/mol. The maximum Gasteiger partial charge on any atom is 0.418 e. The Hall–Kier alpha value is -3.22. The lowest BCUT2D eigenvalue weighted by atomic mass is 9.95. The van der Waals surface area contributed by atoms with E-state index in [1.165, 1.54) is 12.1 Å². The number of carbonyl (C=O) groups excluding carboxylic acids is 3. The molecule has 0 aromatic heterocycles. The fraction of sp³-hybridized carbons (Fsp3) is 0.400. The molecule has 3 amide bonds. The van der Waals surface area contributed by atoms with E-state index in [2.05, 4.69) is 0 Å². The van der Waals surface area contributed by atoms with Gasteiger partial charge in [0.05, 0.1) is 0 Å². The maximum absolute atomic E-state index is 13.3. The van der Waals surface area contributed by atoms with Crippen molar-refractivity contribution in [3.8, 4) is 0 Å². The van der Waals surface area contributed by atoms with Crippen LogP contribution in [0.1, 0.15) is 42.9 Å². The summed E-state index contributed by atoms with van der Waals surface area (Å²) in [5.74, 6) is -0.730. The normalized spacial score (nSPS) is 22.8. The lowest BCUT2D eigenvalue weighted by molar-refractivity contribution is -0.143. The molecular formula is C25H25FN2O4. The van der Waals surface area contributed by atoms with Crippen LogP contribution in [0.5, 0.6) is 0 Å². The van der Waals surface area contributed by atoms with Crippen LogP contribution in [0.4, 0.5) is 9.18 Å². The third-order valence-corrected chi connectivity index (χ3v) is 6.95. The van der Waals surface area contributed by atoms with E-state index in [-0.39, 0.29) is 24.3 Å². The molecule has 7 heteroatoms. The van der Waals surface area contributed by atoms with Gasteiger partial charge in [-0.1, -0.05) is 36.4 Å². The number of rotatable bonds is 6. The molecule has 32 heavy (non-hydrogen) atoms.